The van der Waals surface area contributed by atoms with E-state index < -0.39 is 29.3 Å². The van der Waals surface area contributed by atoms with Crippen LogP contribution in [-0.4, -0.2) is 70.1 Å². The van der Waals surface area contributed by atoms with Crippen molar-refractivity contribution in [2.45, 2.75) is 102 Å². The second kappa shape index (κ2) is 15.1. The van der Waals surface area contributed by atoms with Gasteiger partial charge in [0.2, 0.25) is 0 Å². The minimum atomic E-state index is -4.21. The summed E-state index contributed by atoms with van der Waals surface area (Å²) in [5.41, 5.74) is 0.781. The summed E-state index contributed by atoms with van der Waals surface area (Å²) in [6.07, 6.45) is 2.91. The summed E-state index contributed by atoms with van der Waals surface area (Å²) >= 11 is 7.44. The van der Waals surface area contributed by atoms with Gasteiger partial charge in [0, 0.05) is 42.5 Å². The van der Waals surface area contributed by atoms with E-state index in [9.17, 15) is 22.8 Å². The second-order valence-electron chi connectivity index (χ2n) is 14.6. The predicted molar refractivity (Wildman–Crippen MR) is 186 cm³/mol. The number of hydrazine groups is 1. The van der Waals surface area contributed by atoms with Gasteiger partial charge >= 0.3 is 12.3 Å². The molecule has 5 rings (SSSR count). The predicted octanol–water partition coefficient (Wildman–Crippen LogP) is 7.71. The number of carbonyl (C=O) groups is 2. The molecular weight excluding hydrogens is 695 g/mol. The fourth-order valence-electron chi connectivity index (χ4n) is 6.09. The fraction of sp³-hybridized carbons (Fsp3) is 0.588. The van der Waals surface area contributed by atoms with E-state index in [0.29, 0.717) is 18.3 Å². The van der Waals surface area contributed by atoms with E-state index in [1.54, 1.807) is 24.5 Å². The largest absolute Gasteiger partial charge is 0.444 e. The Morgan fingerprint density at radius 3 is 2.56 bits per heavy atom. The lowest BCUT2D eigenvalue weighted by Crippen LogP contribution is -2.45. The van der Waals surface area contributed by atoms with Gasteiger partial charge < -0.3 is 19.7 Å². The topological polar surface area (TPSA) is 121 Å². The molecule has 274 valence electrons. The highest BCUT2D eigenvalue weighted by molar-refractivity contribution is 7.98. The maximum Gasteiger partial charge on any atom is 0.410 e. The Morgan fingerprint density at radius 1 is 1.16 bits per heavy atom. The van der Waals surface area contributed by atoms with Crippen molar-refractivity contribution >= 4 is 47.2 Å². The first-order valence-corrected chi connectivity index (χ1v) is 17.9. The molecule has 4 heterocycles. The minimum absolute atomic E-state index is 0.0163. The Kier molecular flexibility index (Phi) is 11.5. The number of nitrogens with zero attached hydrogens (tertiary/aromatic N) is 4. The number of likely N-dealkylation sites (tertiary alicyclic amines) is 1. The zero-order valence-electron chi connectivity index (χ0n) is 28.9. The summed E-state index contributed by atoms with van der Waals surface area (Å²) in [7, 11) is 0. The van der Waals surface area contributed by atoms with Gasteiger partial charge in [-0.1, -0.05) is 11.6 Å². The van der Waals surface area contributed by atoms with Crippen molar-refractivity contribution in [1.29, 1.82) is 0 Å². The van der Waals surface area contributed by atoms with Crippen molar-refractivity contribution in [3.8, 4) is 0 Å². The summed E-state index contributed by atoms with van der Waals surface area (Å²) in [6, 6.07) is 6.82. The summed E-state index contributed by atoms with van der Waals surface area (Å²) in [5, 5.41) is 4.85. The van der Waals surface area contributed by atoms with Crippen molar-refractivity contribution < 1.29 is 32.2 Å². The van der Waals surface area contributed by atoms with E-state index in [2.05, 4.69) is 39.3 Å². The van der Waals surface area contributed by atoms with E-state index >= 15 is 0 Å². The molecule has 2 atom stereocenters. The first-order chi connectivity index (χ1) is 23.4. The fourth-order valence-corrected chi connectivity index (χ4v) is 6.89. The quantitative estimate of drug-likeness (QED) is 0.107. The SMILES string of the molecule is CC(C)(C)OC(=O)N1CC(CCCNc2ccc(SNC(=O)c3ccc(N4C=CC(OCCC5(C(F)(F)F)CC5)N4)nc3Cl)cn2)CC1(C)C. The average molecular weight is 740 g/mol. The number of aromatic nitrogens is 2. The first-order valence-electron chi connectivity index (χ1n) is 16.7. The molecule has 50 heavy (non-hydrogen) atoms. The third kappa shape index (κ3) is 9.74. The van der Waals surface area contributed by atoms with Crippen LogP contribution in [0.4, 0.5) is 29.6 Å². The number of pyridine rings is 2. The number of nitrogens with one attached hydrogen (secondary N) is 3. The number of hydrogen-bond acceptors (Lipinski definition) is 10. The van der Waals surface area contributed by atoms with Gasteiger partial charge in [0.25, 0.3) is 5.91 Å². The van der Waals surface area contributed by atoms with E-state index in [0.717, 1.165) is 48.5 Å². The molecular formula is C34H45ClF3N7O4S. The lowest BCUT2D eigenvalue weighted by Gasteiger charge is -2.33. The van der Waals surface area contributed by atoms with Gasteiger partial charge in [-0.15, -0.1) is 0 Å². The van der Waals surface area contributed by atoms with Gasteiger partial charge in [-0.3, -0.25) is 14.5 Å². The molecule has 2 amide bonds. The van der Waals surface area contributed by atoms with E-state index in [1.165, 1.54) is 11.1 Å². The van der Waals surface area contributed by atoms with E-state index in [-0.39, 0.29) is 48.2 Å². The number of anilines is 2. The number of halogens is 4. The molecule has 1 aliphatic carbocycles. The molecule has 1 saturated heterocycles. The summed E-state index contributed by atoms with van der Waals surface area (Å²) in [4.78, 5) is 36.8. The van der Waals surface area contributed by atoms with Crippen LogP contribution in [0.2, 0.25) is 5.15 Å². The third-order valence-corrected chi connectivity index (χ3v) is 10.1. The van der Waals surface area contributed by atoms with Crippen molar-refractivity contribution in [3.05, 3.63) is 53.5 Å². The Bertz CT molecular complexity index is 1550. The standard InChI is InChI=1S/C34H45ClF3N7O4S/c1-31(2,3)49-30(47)44-21-22(19-32(44,4)5)7-6-16-39-25-10-8-23(20-40-25)50-43-29(46)24-9-11-26(41-28(24)35)45-17-12-27(42-45)48-18-15-33(13-14-33)34(36,37)38/h8-12,17,20,22,27,42H,6-7,13-16,18-19,21H2,1-5H3,(H,39,40)(H,43,46). The summed E-state index contributed by atoms with van der Waals surface area (Å²) in [5.74, 6) is 1.07. The Labute approximate surface area is 300 Å². The van der Waals surface area contributed by atoms with Gasteiger partial charge in [-0.2, -0.15) is 18.6 Å². The Hall–Kier alpha value is -3.27. The van der Waals surface area contributed by atoms with Crippen LogP contribution in [0.1, 0.15) is 83.5 Å². The van der Waals surface area contributed by atoms with Crippen LogP contribution >= 0.6 is 23.5 Å². The lowest BCUT2D eigenvalue weighted by molar-refractivity contribution is -0.192. The number of ether oxygens (including phenoxy) is 2. The average Bonchev–Trinajstić information content (AvgIpc) is 3.57. The molecule has 2 fully saturated rings. The monoisotopic (exact) mass is 739 g/mol. The smallest absolute Gasteiger partial charge is 0.410 e. The molecule has 3 N–H and O–H groups in total. The molecule has 2 aromatic heterocycles. The molecule has 2 aromatic rings. The van der Waals surface area contributed by atoms with Gasteiger partial charge in [0.15, 0.2) is 0 Å². The molecule has 2 aliphatic heterocycles. The number of amides is 2. The highest BCUT2D eigenvalue weighted by atomic mass is 35.5. The normalized spacial score (nSPS) is 21.0. The summed E-state index contributed by atoms with van der Waals surface area (Å²) in [6.45, 7) is 11.2. The molecule has 11 nitrogen and oxygen atoms in total. The van der Waals surface area contributed by atoms with Gasteiger partial charge in [-0.05, 0) is 121 Å². The zero-order chi connectivity index (χ0) is 36.3. The molecule has 1 saturated carbocycles. The van der Waals surface area contributed by atoms with Crippen LogP contribution < -0.4 is 20.5 Å². The van der Waals surface area contributed by atoms with Crippen molar-refractivity contribution in [1.82, 2.24) is 25.0 Å². The molecule has 0 bridgehead atoms. The maximum absolute atomic E-state index is 13.1. The third-order valence-electron chi connectivity index (χ3n) is 9.00. The van der Waals surface area contributed by atoms with Crippen molar-refractivity contribution in [2.75, 3.05) is 30.0 Å². The van der Waals surface area contributed by atoms with Gasteiger partial charge in [0.1, 0.15) is 28.6 Å². The highest BCUT2D eigenvalue weighted by Crippen LogP contribution is 2.59. The van der Waals surface area contributed by atoms with Crippen LogP contribution in [0, 0.1) is 11.3 Å². The Morgan fingerprint density at radius 2 is 1.92 bits per heavy atom. The second-order valence-corrected chi connectivity index (χ2v) is 15.9. The number of carbonyl (C=O) groups excluding carboxylic acids is 2. The molecule has 3 aliphatic rings. The summed E-state index contributed by atoms with van der Waals surface area (Å²) < 4.78 is 53.4. The van der Waals surface area contributed by atoms with Crippen LogP contribution in [-0.2, 0) is 9.47 Å². The number of hydrogen-bond donors (Lipinski definition) is 3. The Balaban J connectivity index is 1.00. The molecule has 0 radical (unpaired) electrons. The molecule has 2 unspecified atom stereocenters. The highest BCUT2D eigenvalue weighted by Gasteiger charge is 2.62. The van der Waals surface area contributed by atoms with Gasteiger partial charge in [-0.25, -0.2) is 14.8 Å². The lowest BCUT2D eigenvalue weighted by atomic mass is 9.93. The molecule has 0 aromatic carbocycles. The van der Waals surface area contributed by atoms with Crippen LogP contribution in [0.3, 0.4) is 0 Å². The van der Waals surface area contributed by atoms with Crippen LogP contribution in [0.15, 0.2) is 47.6 Å². The minimum Gasteiger partial charge on any atom is -0.444 e. The number of alkyl halides is 3. The van der Waals surface area contributed by atoms with Crippen LogP contribution in [0.25, 0.3) is 0 Å². The van der Waals surface area contributed by atoms with Crippen molar-refractivity contribution in [3.63, 3.8) is 0 Å². The maximum atomic E-state index is 13.1. The van der Waals surface area contributed by atoms with E-state index in [4.69, 9.17) is 21.1 Å². The van der Waals surface area contributed by atoms with Gasteiger partial charge in [0.05, 0.1) is 11.0 Å². The van der Waals surface area contributed by atoms with Crippen LogP contribution in [0.5, 0.6) is 0 Å². The van der Waals surface area contributed by atoms with Crippen molar-refractivity contribution in [2.24, 2.45) is 11.3 Å². The molecule has 16 heteroatoms. The van der Waals surface area contributed by atoms with E-state index in [1.807, 2.05) is 37.8 Å². The molecule has 0 spiro atoms. The zero-order valence-corrected chi connectivity index (χ0v) is 30.5. The number of rotatable bonds is 13. The first kappa shape index (κ1) is 38.0.